The highest BCUT2D eigenvalue weighted by Gasteiger charge is 2.22. The number of aromatic nitrogens is 2. The summed E-state index contributed by atoms with van der Waals surface area (Å²) in [5, 5.41) is 2.65. The normalized spacial score (nSPS) is 14.8. The number of rotatable bonds is 8. The van der Waals surface area contributed by atoms with Gasteiger partial charge in [-0.2, -0.15) is 4.99 Å². The van der Waals surface area contributed by atoms with E-state index in [0.29, 0.717) is 5.92 Å². The minimum atomic E-state index is -2.83. The molecular weight excluding hydrogens is 488 g/mol. The van der Waals surface area contributed by atoms with Crippen molar-refractivity contribution in [3.8, 4) is 28.7 Å². The molecule has 0 aromatic carbocycles. The van der Waals surface area contributed by atoms with Gasteiger partial charge in [-0.25, -0.2) is 18.8 Å². The van der Waals surface area contributed by atoms with Gasteiger partial charge in [-0.05, 0) is 44.3 Å². The van der Waals surface area contributed by atoms with E-state index in [4.69, 9.17) is 16.2 Å². The van der Waals surface area contributed by atoms with Gasteiger partial charge in [0, 0.05) is 29.5 Å². The smallest absolute Gasteiger partial charge is 0.281 e. The number of carbonyl (C=O) groups is 1. The maximum absolute atomic E-state index is 13.4. The van der Waals surface area contributed by atoms with Gasteiger partial charge in [-0.1, -0.05) is 23.6 Å². The second-order valence-corrected chi connectivity index (χ2v) is 8.59. The van der Waals surface area contributed by atoms with Crippen LogP contribution in [0.5, 0.6) is 5.75 Å². The molecule has 1 saturated carbocycles. The van der Waals surface area contributed by atoms with E-state index in [1.54, 1.807) is 7.05 Å². The molecule has 12 heteroatoms. The van der Waals surface area contributed by atoms with Crippen LogP contribution in [0.15, 0.2) is 46.8 Å². The predicted octanol–water partition coefficient (Wildman–Crippen LogP) is 3.41. The number of alkyl halides is 2. The van der Waals surface area contributed by atoms with Gasteiger partial charge in [0.25, 0.3) is 12.3 Å². The number of pyridine rings is 2. The number of nitrogens with one attached hydrogen (secondary N) is 1. The first-order valence-corrected chi connectivity index (χ1v) is 11.7. The summed E-state index contributed by atoms with van der Waals surface area (Å²) in [6.07, 6.45) is 5.91. The van der Waals surface area contributed by atoms with Gasteiger partial charge >= 0.3 is 0 Å². The van der Waals surface area contributed by atoms with Crippen LogP contribution in [-0.2, 0) is 0 Å². The number of nitrogens with zero attached hydrogens (tertiary/aromatic N) is 4. The number of carbonyl (C=O) groups excluding carboxylic acids is 1. The van der Waals surface area contributed by atoms with Gasteiger partial charge in [0.15, 0.2) is 11.0 Å². The number of amides is 1. The SMILES string of the molecule is CNC(C#CC1CC1)SC(N)=NC(=O)c1cnc(N=C/C=C\N)cc1-c1cc(C(F)F)ncc1OC. The van der Waals surface area contributed by atoms with Gasteiger partial charge in [0.1, 0.15) is 16.8 Å². The molecule has 0 aliphatic heterocycles. The van der Waals surface area contributed by atoms with Crippen molar-refractivity contribution < 1.29 is 18.3 Å². The number of amidine groups is 1. The Labute approximate surface area is 211 Å². The van der Waals surface area contributed by atoms with Gasteiger partial charge in [-0.3, -0.25) is 15.1 Å². The Morgan fingerprint density at radius 1 is 1.31 bits per heavy atom. The van der Waals surface area contributed by atoms with Crippen LogP contribution in [0, 0.1) is 17.8 Å². The van der Waals surface area contributed by atoms with Crippen LogP contribution in [0.25, 0.3) is 11.1 Å². The zero-order valence-electron chi connectivity index (χ0n) is 19.6. The fraction of sp³-hybridized carbons (Fsp3) is 0.292. The maximum atomic E-state index is 13.4. The summed E-state index contributed by atoms with van der Waals surface area (Å²) in [5.74, 6) is 6.27. The molecule has 1 atom stereocenters. The Morgan fingerprint density at radius 2 is 2.08 bits per heavy atom. The molecule has 0 saturated heterocycles. The van der Waals surface area contributed by atoms with Crippen molar-refractivity contribution >= 4 is 34.9 Å². The number of aliphatic imine (C=N–C) groups is 2. The first kappa shape index (κ1) is 26.8. The van der Waals surface area contributed by atoms with E-state index >= 15 is 0 Å². The quantitative estimate of drug-likeness (QED) is 0.211. The molecule has 1 aliphatic carbocycles. The standard InChI is InChI=1S/C24H25F2N7O2S/c1-29-21(7-6-14-4-5-14)36-24(28)33-23(34)17-12-32-20(30-9-3-8-27)11-15(17)16-10-18(22(25)26)31-13-19(16)35-2/h3,8-14,21-22,29H,4-5,27H2,1-2H3,(H2,28,33,34)/b8-3-,30-9?. The van der Waals surface area contributed by atoms with Crippen LogP contribution >= 0.6 is 11.8 Å². The second-order valence-electron chi connectivity index (χ2n) is 7.47. The molecule has 2 aromatic heterocycles. The highest BCUT2D eigenvalue weighted by molar-refractivity contribution is 8.14. The second kappa shape index (κ2) is 12.8. The summed E-state index contributed by atoms with van der Waals surface area (Å²) in [4.78, 5) is 29.1. The third-order valence-electron chi connectivity index (χ3n) is 4.85. The van der Waals surface area contributed by atoms with E-state index in [9.17, 15) is 13.6 Å². The highest BCUT2D eigenvalue weighted by atomic mass is 32.2. The monoisotopic (exact) mass is 513 g/mol. The van der Waals surface area contributed by atoms with E-state index in [1.165, 1.54) is 37.9 Å². The van der Waals surface area contributed by atoms with E-state index < -0.39 is 18.0 Å². The summed E-state index contributed by atoms with van der Waals surface area (Å²) < 4.78 is 32.1. The molecule has 1 fully saturated rings. The molecule has 3 rings (SSSR count). The lowest BCUT2D eigenvalue weighted by Gasteiger charge is -2.13. The lowest BCUT2D eigenvalue weighted by atomic mass is 10.00. The zero-order chi connectivity index (χ0) is 26.1. The number of thioether (sulfide) groups is 1. The van der Waals surface area contributed by atoms with Crippen molar-refractivity contribution in [3.05, 3.63) is 48.1 Å². The summed E-state index contributed by atoms with van der Waals surface area (Å²) in [6, 6.07) is 2.60. The van der Waals surface area contributed by atoms with Gasteiger partial charge in [0.2, 0.25) is 0 Å². The summed E-state index contributed by atoms with van der Waals surface area (Å²) >= 11 is 1.09. The highest BCUT2D eigenvalue weighted by Crippen LogP contribution is 2.36. The predicted molar refractivity (Wildman–Crippen MR) is 137 cm³/mol. The fourth-order valence-corrected chi connectivity index (χ4v) is 3.54. The van der Waals surface area contributed by atoms with Crippen molar-refractivity contribution in [3.63, 3.8) is 0 Å². The minimum Gasteiger partial charge on any atom is -0.494 e. The average molecular weight is 514 g/mol. The molecule has 2 heterocycles. The van der Waals surface area contributed by atoms with Crippen LogP contribution in [0.2, 0.25) is 0 Å². The zero-order valence-corrected chi connectivity index (χ0v) is 20.4. The molecule has 2 aromatic rings. The molecule has 5 N–H and O–H groups in total. The first-order valence-electron chi connectivity index (χ1n) is 10.8. The Hall–Kier alpha value is -3.82. The molecular formula is C24H25F2N7O2S. The largest absolute Gasteiger partial charge is 0.494 e. The van der Waals surface area contributed by atoms with Crippen molar-refractivity contribution in [2.45, 2.75) is 24.6 Å². The van der Waals surface area contributed by atoms with Crippen LogP contribution in [0.3, 0.4) is 0 Å². The van der Waals surface area contributed by atoms with Gasteiger partial charge < -0.3 is 16.2 Å². The Balaban J connectivity index is 2.02. The van der Waals surface area contributed by atoms with E-state index in [-0.39, 0.29) is 38.8 Å². The molecule has 1 amide bonds. The van der Waals surface area contributed by atoms with E-state index in [0.717, 1.165) is 36.9 Å². The third-order valence-corrected chi connectivity index (χ3v) is 5.78. The Morgan fingerprint density at radius 3 is 2.72 bits per heavy atom. The molecule has 188 valence electrons. The number of hydrogen-bond acceptors (Lipinski definition) is 8. The maximum Gasteiger partial charge on any atom is 0.281 e. The van der Waals surface area contributed by atoms with Gasteiger partial charge in [0.05, 0.1) is 18.9 Å². The number of halogens is 2. The van der Waals surface area contributed by atoms with Crippen molar-refractivity contribution in [1.29, 1.82) is 0 Å². The van der Waals surface area contributed by atoms with Crippen LogP contribution in [0.4, 0.5) is 14.6 Å². The molecule has 1 aliphatic rings. The summed E-state index contributed by atoms with van der Waals surface area (Å²) in [6.45, 7) is 0. The number of nitrogens with two attached hydrogens (primary N) is 2. The van der Waals surface area contributed by atoms with Crippen LogP contribution in [0.1, 0.15) is 35.3 Å². The fourth-order valence-electron chi connectivity index (χ4n) is 2.92. The lowest BCUT2D eigenvalue weighted by Crippen LogP contribution is -2.24. The Bertz CT molecular complexity index is 1250. The summed E-state index contributed by atoms with van der Waals surface area (Å²) in [7, 11) is 3.09. The first-order chi connectivity index (χ1) is 17.4. The summed E-state index contributed by atoms with van der Waals surface area (Å²) in [5.41, 5.74) is 11.3. The number of allylic oxidation sites excluding steroid dienone is 1. The van der Waals surface area contributed by atoms with Crippen molar-refractivity contribution in [2.75, 3.05) is 14.2 Å². The van der Waals surface area contributed by atoms with Crippen molar-refractivity contribution in [1.82, 2.24) is 15.3 Å². The van der Waals surface area contributed by atoms with Crippen molar-refractivity contribution in [2.24, 2.45) is 27.4 Å². The van der Waals surface area contributed by atoms with E-state index in [2.05, 4.69) is 37.1 Å². The third kappa shape index (κ3) is 7.34. The van der Waals surface area contributed by atoms with Gasteiger partial charge in [-0.15, -0.1) is 0 Å². The molecule has 0 radical (unpaired) electrons. The van der Waals surface area contributed by atoms with Crippen LogP contribution < -0.4 is 21.5 Å². The molecule has 1 unspecified atom stereocenters. The molecule has 0 spiro atoms. The molecule has 36 heavy (non-hydrogen) atoms. The van der Waals surface area contributed by atoms with E-state index in [1.807, 2.05) is 0 Å². The minimum absolute atomic E-state index is 0.0134. The molecule has 0 bridgehead atoms. The average Bonchev–Trinajstić information content (AvgIpc) is 3.70. The van der Waals surface area contributed by atoms with Crippen LogP contribution in [-0.4, -0.2) is 46.8 Å². The Kier molecular flexibility index (Phi) is 9.49. The lowest BCUT2D eigenvalue weighted by molar-refractivity contribution is 0.100. The topological polar surface area (TPSA) is 141 Å². The number of methoxy groups -OCH3 is 1. The molecule has 9 nitrogen and oxygen atoms in total. The number of ether oxygens (including phenoxy) is 1. The number of hydrogen-bond donors (Lipinski definition) is 3.